The van der Waals surface area contributed by atoms with Crippen LogP contribution in [-0.2, 0) is 4.74 Å². The predicted molar refractivity (Wildman–Crippen MR) is 138 cm³/mol. The van der Waals surface area contributed by atoms with Gasteiger partial charge in [0.05, 0.1) is 12.7 Å². The van der Waals surface area contributed by atoms with Gasteiger partial charge < -0.3 is 4.74 Å². The van der Waals surface area contributed by atoms with Crippen LogP contribution >= 0.6 is 0 Å². The van der Waals surface area contributed by atoms with E-state index in [-0.39, 0.29) is 5.97 Å². The number of hydrogen-bond donors (Lipinski definition) is 0. The van der Waals surface area contributed by atoms with Crippen molar-refractivity contribution >= 4 is 27.5 Å². The largest absolute Gasteiger partial charge is 0.465 e. The van der Waals surface area contributed by atoms with Crippen LogP contribution < -0.4 is 0 Å². The average Bonchev–Trinajstić information content (AvgIpc) is 2.91. The minimum atomic E-state index is -0.358. The number of ether oxygens (including phenoxy) is 1. The van der Waals surface area contributed by atoms with E-state index in [2.05, 4.69) is 47.9 Å². The van der Waals surface area contributed by atoms with Gasteiger partial charge in [-0.1, -0.05) is 90.4 Å². The molecule has 5 rings (SSSR count). The zero-order valence-electron chi connectivity index (χ0n) is 18.6. The van der Waals surface area contributed by atoms with Gasteiger partial charge in [-0.3, -0.25) is 0 Å². The van der Waals surface area contributed by atoms with Crippen LogP contribution in [0.2, 0.25) is 0 Å². The minimum absolute atomic E-state index is 0.358. The Hall–Kier alpha value is -4.79. The van der Waals surface area contributed by atoms with Crippen molar-refractivity contribution in [3.8, 4) is 23.7 Å². The highest BCUT2D eigenvalue weighted by molar-refractivity contribution is 6.09. The number of rotatable bonds is 1. The maximum atomic E-state index is 11.7. The second-order valence-electron chi connectivity index (χ2n) is 7.78. The first-order chi connectivity index (χ1) is 16.7. The maximum Gasteiger partial charge on any atom is 0.337 e. The van der Waals surface area contributed by atoms with Crippen molar-refractivity contribution in [2.75, 3.05) is 7.11 Å². The standard InChI is InChI=1S/C32H20O2/c1-34-32(33)25-19-15-24(16-20-25)18-22-31-28-13-7-5-11-26(28)30(27-12-6-8-14-29(27)31)21-17-23-9-3-2-4-10-23/h2-16,19-20H,1H3. The van der Waals surface area contributed by atoms with Crippen LogP contribution in [0, 0.1) is 23.7 Å². The summed E-state index contributed by atoms with van der Waals surface area (Å²) in [7, 11) is 1.38. The quantitative estimate of drug-likeness (QED) is 0.169. The van der Waals surface area contributed by atoms with Gasteiger partial charge >= 0.3 is 5.97 Å². The highest BCUT2D eigenvalue weighted by atomic mass is 16.5. The monoisotopic (exact) mass is 436 g/mol. The van der Waals surface area contributed by atoms with Crippen molar-refractivity contribution in [3.63, 3.8) is 0 Å². The molecule has 5 aromatic rings. The van der Waals surface area contributed by atoms with Crippen molar-refractivity contribution < 1.29 is 9.53 Å². The fourth-order valence-corrected chi connectivity index (χ4v) is 4.00. The molecule has 0 unspecified atom stereocenters. The smallest absolute Gasteiger partial charge is 0.337 e. The summed E-state index contributed by atoms with van der Waals surface area (Å²) in [6.07, 6.45) is 0. The molecule has 0 spiro atoms. The molecule has 34 heavy (non-hydrogen) atoms. The van der Waals surface area contributed by atoms with Gasteiger partial charge in [0.15, 0.2) is 0 Å². The van der Waals surface area contributed by atoms with E-state index < -0.39 is 0 Å². The van der Waals surface area contributed by atoms with E-state index in [1.807, 2.05) is 66.7 Å². The van der Waals surface area contributed by atoms with Crippen LogP contribution in [0.25, 0.3) is 21.5 Å². The third-order valence-electron chi connectivity index (χ3n) is 5.67. The van der Waals surface area contributed by atoms with Crippen LogP contribution in [0.1, 0.15) is 32.6 Å². The lowest BCUT2D eigenvalue weighted by Crippen LogP contribution is -2.00. The molecule has 0 saturated carbocycles. The van der Waals surface area contributed by atoms with E-state index in [0.29, 0.717) is 5.56 Å². The summed E-state index contributed by atoms with van der Waals surface area (Å²) in [4.78, 5) is 11.7. The van der Waals surface area contributed by atoms with E-state index in [9.17, 15) is 4.79 Å². The molecule has 0 atom stereocenters. The Labute approximate surface area is 198 Å². The molecule has 0 bridgehead atoms. The summed E-state index contributed by atoms with van der Waals surface area (Å²) in [5.74, 6) is 13.1. The number of benzene rings is 5. The van der Waals surface area contributed by atoms with Crippen molar-refractivity contribution in [2.45, 2.75) is 0 Å². The molecular weight excluding hydrogens is 416 g/mol. The SMILES string of the molecule is COC(=O)c1ccc(C#Cc2c3ccccc3c(C#Cc3ccccc3)c3ccccc23)cc1. The van der Waals surface area contributed by atoms with Gasteiger partial charge in [0.2, 0.25) is 0 Å². The van der Waals surface area contributed by atoms with E-state index in [1.165, 1.54) is 7.11 Å². The summed E-state index contributed by atoms with van der Waals surface area (Å²) in [6.45, 7) is 0. The lowest BCUT2D eigenvalue weighted by molar-refractivity contribution is 0.0600. The Bertz CT molecular complexity index is 1580. The first kappa shape index (κ1) is 21.1. The normalized spacial score (nSPS) is 10.1. The minimum Gasteiger partial charge on any atom is -0.465 e. The second kappa shape index (κ2) is 9.37. The molecular formula is C32H20O2. The number of carbonyl (C=O) groups excluding carboxylic acids is 1. The number of carbonyl (C=O) groups is 1. The van der Waals surface area contributed by atoms with Crippen LogP contribution in [0.15, 0.2) is 103 Å². The molecule has 0 aliphatic rings. The summed E-state index contributed by atoms with van der Waals surface area (Å²) in [6, 6.07) is 33.7. The molecule has 0 aromatic heterocycles. The van der Waals surface area contributed by atoms with Gasteiger partial charge in [-0.05, 0) is 57.9 Å². The van der Waals surface area contributed by atoms with Crippen molar-refractivity contribution in [2.24, 2.45) is 0 Å². The Balaban J connectivity index is 1.68. The fraction of sp³-hybridized carbons (Fsp3) is 0.0312. The van der Waals surface area contributed by atoms with Gasteiger partial charge in [-0.2, -0.15) is 0 Å². The molecule has 2 heteroatoms. The molecule has 0 aliphatic heterocycles. The van der Waals surface area contributed by atoms with Crippen LogP contribution in [0.5, 0.6) is 0 Å². The summed E-state index contributed by atoms with van der Waals surface area (Å²) < 4.78 is 4.78. The number of methoxy groups -OCH3 is 1. The van der Waals surface area contributed by atoms with Gasteiger partial charge in [0.1, 0.15) is 0 Å². The lowest BCUT2D eigenvalue weighted by Gasteiger charge is -2.10. The Morgan fingerprint density at radius 1 is 0.529 bits per heavy atom. The Morgan fingerprint density at radius 2 is 0.941 bits per heavy atom. The molecule has 2 nitrogen and oxygen atoms in total. The summed E-state index contributed by atoms with van der Waals surface area (Å²) in [5, 5.41) is 4.29. The first-order valence-corrected chi connectivity index (χ1v) is 11.0. The maximum absolute atomic E-state index is 11.7. The molecule has 0 radical (unpaired) electrons. The lowest BCUT2D eigenvalue weighted by atomic mass is 9.92. The molecule has 0 saturated heterocycles. The molecule has 0 N–H and O–H groups in total. The van der Waals surface area contributed by atoms with E-state index in [1.54, 1.807) is 12.1 Å². The summed E-state index contributed by atoms with van der Waals surface area (Å²) in [5.41, 5.74) is 4.28. The van der Waals surface area contributed by atoms with E-state index in [0.717, 1.165) is 43.8 Å². The first-order valence-electron chi connectivity index (χ1n) is 11.0. The second-order valence-corrected chi connectivity index (χ2v) is 7.78. The van der Waals surface area contributed by atoms with Gasteiger partial charge in [-0.15, -0.1) is 0 Å². The number of fused-ring (bicyclic) bond motifs is 2. The van der Waals surface area contributed by atoms with Crippen molar-refractivity contribution in [1.29, 1.82) is 0 Å². The number of hydrogen-bond acceptors (Lipinski definition) is 2. The van der Waals surface area contributed by atoms with E-state index in [4.69, 9.17) is 4.74 Å². The van der Waals surface area contributed by atoms with Gasteiger partial charge in [0, 0.05) is 22.3 Å². The highest BCUT2D eigenvalue weighted by Crippen LogP contribution is 2.32. The predicted octanol–water partition coefficient (Wildman–Crippen LogP) is 6.58. The zero-order chi connectivity index (χ0) is 23.3. The van der Waals surface area contributed by atoms with Crippen LogP contribution in [0.3, 0.4) is 0 Å². The van der Waals surface area contributed by atoms with E-state index >= 15 is 0 Å². The average molecular weight is 437 g/mol. The number of esters is 1. The highest BCUT2D eigenvalue weighted by Gasteiger charge is 2.11. The molecule has 160 valence electrons. The molecule has 0 heterocycles. The third kappa shape index (κ3) is 4.14. The Morgan fingerprint density at radius 3 is 1.38 bits per heavy atom. The summed E-state index contributed by atoms with van der Waals surface area (Å²) >= 11 is 0. The molecule has 0 aliphatic carbocycles. The Kier molecular flexibility index (Phi) is 5.81. The third-order valence-corrected chi connectivity index (χ3v) is 5.67. The van der Waals surface area contributed by atoms with Crippen LogP contribution in [-0.4, -0.2) is 13.1 Å². The van der Waals surface area contributed by atoms with Gasteiger partial charge in [0.25, 0.3) is 0 Å². The molecule has 0 amide bonds. The molecule has 5 aromatic carbocycles. The van der Waals surface area contributed by atoms with Crippen LogP contribution in [0.4, 0.5) is 0 Å². The topological polar surface area (TPSA) is 26.3 Å². The van der Waals surface area contributed by atoms with Crippen molar-refractivity contribution in [1.82, 2.24) is 0 Å². The van der Waals surface area contributed by atoms with Gasteiger partial charge in [-0.25, -0.2) is 4.79 Å². The molecule has 0 fully saturated rings. The van der Waals surface area contributed by atoms with Crippen molar-refractivity contribution in [3.05, 3.63) is 131 Å². The fourth-order valence-electron chi connectivity index (χ4n) is 4.00. The zero-order valence-corrected chi connectivity index (χ0v) is 18.6.